The Morgan fingerprint density at radius 3 is 1.91 bits per heavy atom. The number of hydrogen-bond donors (Lipinski definition) is 0. The Bertz CT molecular complexity index is 760. The maximum absolute atomic E-state index is 10.7. The van der Waals surface area contributed by atoms with Crippen molar-refractivity contribution in [1.29, 1.82) is 0 Å². The van der Waals surface area contributed by atoms with Gasteiger partial charge in [-0.3, -0.25) is 0 Å². The molecular formula is C18H16N2O2. The molecule has 0 aliphatic carbocycles. The molecular weight excluding hydrogens is 276 g/mol. The largest absolute Gasteiger partial charge is 0.240 e. The number of nitrogens with zero attached hydrogens (tertiary/aromatic N) is 2. The van der Waals surface area contributed by atoms with E-state index in [0.717, 1.165) is 11.1 Å². The lowest BCUT2D eigenvalue weighted by molar-refractivity contribution is 0.565. The summed E-state index contributed by atoms with van der Waals surface area (Å²) in [6.07, 6.45) is 3.13. The molecule has 4 nitrogen and oxygen atoms in total. The highest BCUT2D eigenvalue weighted by atomic mass is 16.1. The summed E-state index contributed by atoms with van der Waals surface area (Å²) < 4.78 is 0. The second-order valence-electron chi connectivity index (χ2n) is 5.52. The number of rotatable bonds is 4. The second kappa shape index (κ2) is 6.31. The third-order valence-corrected chi connectivity index (χ3v) is 3.80. The predicted octanol–water partition coefficient (Wildman–Crippen LogP) is 4.26. The number of aliphatic imine (C=N–C) groups is 2. The molecule has 0 aromatic heterocycles. The maximum atomic E-state index is 10.7. The van der Waals surface area contributed by atoms with Crippen LogP contribution >= 0.6 is 0 Å². The molecule has 110 valence electrons. The predicted molar refractivity (Wildman–Crippen MR) is 85.3 cm³/mol. The number of isocyanates is 2. The molecule has 2 rings (SSSR count). The van der Waals surface area contributed by atoms with Crippen LogP contribution in [0.1, 0.15) is 30.5 Å². The Kier molecular flexibility index (Phi) is 4.47. The van der Waals surface area contributed by atoms with E-state index in [2.05, 4.69) is 9.98 Å². The molecule has 0 atom stereocenters. The van der Waals surface area contributed by atoms with Crippen molar-refractivity contribution in [2.24, 2.45) is 9.98 Å². The fraction of sp³-hybridized carbons (Fsp3) is 0.222. The number of aryl methyl sites for hydroxylation is 1. The zero-order valence-electron chi connectivity index (χ0n) is 12.8. The topological polar surface area (TPSA) is 58.9 Å². The molecule has 22 heavy (non-hydrogen) atoms. The first-order valence-corrected chi connectivity index (χ1v) is 6.87. The van der Waals surface area contributed by atoms with Crippen molar-refractivity contribution in [3.05, 3.63) is 59.2 Å². The summed E-state index contributed by atoms with van der Waals surface area (Å²) in [6.45, 7) is 6.04. The first kappa shape index (κ1) is 15.6. The van der Waals surface area contributed by atoms with E-state index < -0.39 is 5.41 Å². The third-order valence-electron chi connectivity index (χ3n) is 3.80. The van der Waals surface area contributed by atoms with Crippen LogP contribution in [0.15, 0.2) is 52.4 Å². The Balaban J connectivity index is 2.81. The zero-order valence-corrected chi connectivity index (χ0v) is 12.8. The van der Waals surface area contributed by atoms with Crippen LogP contribution in [0.4, 0.5) is 11.4 Å². The van der Waals surface area contributed by atoms with Crippen LogP contribution in [0.3, 0.4) is 0 Å². The molecule has 0 saturated carbocycles. The van der Waals surface area contributed by atoms with Gasteiger partial charge in [-0.25, -0.2) is 9.59 Å². The molecule has 0 fully saturated rings. The van der Waals surface area contributed by atoms with Crippen LogP contribution in [0.5, 0.6) is 0 Å². The normalized spacial score (nSPS) is 10.5. The molecule has 0 heterocycles. The Labute approximate surface area is 129 Å². The van der Waals surface area contributed by atoms with E-state index in [-0.39, 0.29) is 0 Å². The summed E-state index contributed by atoms with van der Waals surface area (Å²) in [5.74, 6) is 0. The van der Waals surface area contributed by atoms with Crippen molar-refractivity contribution >= 4 is 23.5 Å². The van der Waals surface area contributed by atoms with E-state index in [4.69, 9.17) is 0 Å². The molecule has 2 aromatic carbocycles. The molecule has 0 bridgehead atoms. The van der Waals surface area contributed by atoms with Gasteiger partial charge in [-0.15, -0.1) is 0 Å². The maximum Gasteiger partial charge on any atom is 0.240 e. The highest BCUT2D eigenvalue weighted by molar-refractivity contribution is 5.70. The van der Waals surface area contributed by atoms with Gasteiger partial charge in [0.05, 0.1) is 11.4 Å². The summed E-state index contributed by atoms with van der Waals surface area (Å²) in [6, 6.07) is 13.1. The Hall–Kier alpha value is -2.80. The van der Waals surface area contributed by atoms with E-state index in [1.807, 2.05) is 45.0 Å². The van der Waals surface area contributed by atoms with Gasteiger partial charge in [0, 0.05) is 11.0 Å². The summed E-state index contributed by atoms with van der Waals surface area (Å²) in [4.78, 5) is 29.0. The van der Waals surface area contributed by atoms with Crippen molar-refractivity contribution in [1.82, 2.24) is 0 Å². The first-order chi connectivity index (χ1) is 10.5. The summed E-state index contributed by atoms with van der Waals surface area (Å²) in [5, 5.41) is 0. The molecule has 0 aliphatic rings. The van der Waals surface area contributed by atoms with Crippen molar-refractivity contribution < 1.29 is 9.59 Å². The first-order valence-electron chi connectivity index (χ1n) is 6.87. The van der Waals surface area contributed by atoms with Crippen LogP contribution in [0, 0.1) is 6.92 Å². The molecule has 0 radical (unpaired) electrons. The summed E-state index contributed by atoms with van der Waals surface area (Å²) in [7, 11) is 0. The van der Waals surface area contributed by atoms with Crippen LogP contribution in [0.25, 0.3) is 0 Å². The average molecular weight is 292 g/mol. The van der Waals surface area contributed by atoms with Crippen molar-refractivity contribution in [3.63, 3.8) is 0 Å². The smallest absolute Gasteiger partial charge is 0.211 e. The van der Waals surface area contributed by atoms with Gasteiger partial charge in [0.2, 0.25) is 12.2 Å². The van der Waals surface area contributed by atoms with Gasteiger partial charge in [-0.05, 0) is 30.2 Å². The number of carbonyl (C=O) groups excluding carboxylic acids is 2. The molecule has 0 unspecified atom stereocenters. The van der Waals surface area contributed by atoms with E-state index in [9.17, 15) is 9.59 Å². The fourth-order valence-corrected chi connectivity index (χ4v) is 2.86. The van der Waals surface area contributed by atoms with Crippen LogP contribution in [-0.4, -0.2) is 12.2 Å². The van der Waals surface area contributed by atoms with Crippen LogP contribution < -0.4 is 0 Å². The van der Waals surface area contributed by atoms with E-state index in [0.29, 0.717) is 16.9 Å². The van der Waals surface area contributed by atoms with Crippen molar-refractivity contribution in [2.75, 3.05) is 0 Å². The summed E-state index contributed by atoms with van der Waals surface area (Å²) in [5.41, 5.74) is 3.32. The van der Waals surface area contributed by atoms with Gasteiger partial charge in [-0.2, -0.15) is 9.98 Å². The van der Waals surface area contributed by atoms with Gasteiger partial charge in [0.25, 0.3) is 0 Å². The van der Waals surface area contributed by atoms with E-state index in [1.54, 1.807) is 30.4 Å². The minimum atomic E-state index is -0.488. The number of hydrogen-bond acceptors (Lipinski definition) is 4. The summed E-state index contributed by atoms with van der Waals surface area (Å²) >= 11 is 0. The molecule has 4 heteroatoms. The molecule has 2 aromatic rings. The molecule has 0 saturated heterocycles. The SMILES string of the molecule is Cc1ccccc1C(C)(C)c1c(N=C=O)cccc1N=C=O. The van der Waals surface area contributed by atoms with E-state index >= 15 is 0 Å². The zero-order chi connectivity index (χ0) is 16.2. The monoisotopic (exact) mass is 292 g/mol. The average Bonchev–Trinajstić information content (AvgIpc) is 2.48. The molecule has 0 aliphatic heterocycles. The molecule has 0 spiro atoms. The van der Waals surface area contributed by atoms with Gasteiger partial charge in [-0.1, -0.05) is 44.2 Å². The Morgan fingerprint density at radius 1 is 0.864 bits per heavy atom. The fourth-order valence-electron chi connectivity index (χ4n) is 2.86. The van der Waals surface area contributed by atoms with Gasteiger partial charge >= 0.3 is 0 Å². The van der Waals surface area contributed by atoms with E-state index in [1.165, 1.54) is 0 Å². The number of benzene rings is 2. The van der Waals surface area contributed by atoms with Gasteiger partial charge in [0.15, 0.2) is 0 Å². The lowest BCUT2D eigenvalue weighted by atomic mass is 9.75. The van der Waals surface area contributed by atoms with Gasteiger partial charge in [0.1, 0.15) is 0 Å². The highest BCUT2D eigenvalue weighted by Gasteiger charge is 2.30. The quantitative estimate of drug-likeness (QED) is 0.624. The van der Waals surface area contributed by atoms with Gasteiger partial charge < -0.3 is 0 Å². The minimum absolute atomic E-state index is 0.458. The van der Waals surface area contributed by atoms with Crippen molar-refractivity contribution in [3.8, 4) is 0 Å². The highest BCUT2D eigenvalue weighted by Crippen LogP contribution is 2.43. The minimum Gasteiger partial charge on any atom is -0.211 e. The molecule has 0 amide bonds. The second-order valence-corrected chi connectivity index (χ2v) is 5.52. The van der Waals surface area contributed by atoms with Crippen LogP contribution in [0.2, 0.25) is 0 Å². The molecule has 0 N–H and O–H groups in total. The van der Waals surface area contributed by atoms with Crippen molar-refractivity contribution in [2.45, 2.75) is 26.2 Å². The van der Waals surface area contributed by atoms with Crippen LogP contribution in [-0.2, 0) is 15.0 Å². The lowest BCUT2D eigenvalue weighted by Gasteiger charge is -2.29. The third kappa shape index (κ3) is 2.79. The Morgan fingerprint density at radius 2 is 1.41 bits per heavy atom. The standard InChI is InChI=1S/C18H16N2O2/c1-13-7-4-5-8-14(13)18(2,3)17-15(19-11-21)9-6-10-16(17)20-12-22/h4-10H,1-3H3. The lowest BCUT2D eigenvalue weighted by Crippen LogP contribution is -2.20.